The molecule has 0 aliphatic rings. The monoisotopic (exact) mass is 616 g/mol. The van der Waals surface area contributed by atoms with Crippen molar-refractivity contribution in [3.63, 3.8) is 0 Å². The first-order valence-corrected chi connectivity index (χ1v) is 15.3. The highest BCUT2D eigenvalue weighted by atomic mass is 16.6. The van der Waals surface area contributed by atoms with Crippen LogP contribution in [0.3, 0.4) is 0 Å². The van der Waals surface area contributed by atoms with Crippen LogP contribution in [0.5, 0.6) is 0 Å². The second-order valence-electron chi connectivity index (χ2n) is 8.85. The molecule has 0 spiro atoms. The van der Waals surface area contributed by atoms with Crippen molar-refractivity contribution in [2.75, 3.05) is 165 Å². The first-order valence-electron chi connectivity index (χ1n) is 15.3. The number of rotatable bonds is 38. The van der Waals surface area contributed by atoms with Crippen LogP contribution in [0.25, 0.3) is 0 Å². The maximum Gasteiger partial charge on any atom is 0.0703 e. The zero-order valence-electron chi connectivity index (χ0n) is 26.6. The topological polar surface area (TPSA) is 120 Å². The van der Waals surface area contributed by atoms with E-state index in [1.807, 2.05) is 20.8 Å². The summed E-state index contributed by atoms with van der Waals surface area (Å²) in [4.78, 5) is 0. The molecule has 0 aromatic heterocycles. The minimum atomic E-state index is 0.232. The van der Waals surface area contributed by atoms with Crippen molar-refractivity contribution in [3.8, 4) is 0 Å². The van der Waals surface area contributed by atoms with E-state index in [1.54, 1.807) is 0 Å². The Hall–Kier alpha value is -0.520. The highest BCUT2D eigenvalue weighted by Gasteiger charge is 1.97. The summed E-state index contributed by atoms with van der Waals surface area (Å²) in [5.41, 5.74) is 0. The lowest BCUT2D eigenvalue weighted by molar-refractivity contribution is -0.0297. The zero-order valence-corrected chi connectivity index (χ0v) is 26.6. The van der Waals surface area contributed by atoms with E-state index in [1.165, 1.54) is 0 Å². The van der Waals surface area contributed by atoms with Gasteiger partial charge in [-0.2, -0.15) is 0 Å². The fourth-order valence-corrected chi connectivity index (χ4v) is 2.91. The Morgan fingerprint density at radius 2 is 0.429 bits per heavy atom. The molecule has 0 rings (SSSR count). The van der Waals surface area contributed by atoms with E-state index in [-0.39, 0.29) is 6.10 Å². The van der Waals surface area contributed by atoms with Crippen molar-refractivity contribution in [1.82, 2.24) is 0 Å². The van der Waals surface area contributed by atoms with Gasteiger partial charge in [-0.05, 0) is 20.8 Å². The SMILES string of the molecule is CCOCCOCCOCCOCCOCCOCCOCCOCCOCCOCCOCCOCCOC(C)C. The van der Waals surface area contributed by atoms with Gasteiger partial charge in [-0.25, -0.2) is 0 Å². The summed E-state index contributed by atoms with van der Waals surface area (Å²) in [6, 6.07) is 0. The normalized spacial score (nSPS) is 11.7. The first-order chi connectivity index (χ1) is 20.8. The zero-order chi connectivity index (χ0) is 30.4. The van der Waals surface area contributed by atoms with E-state index < -0.39 is 0 Å². The maximum absolute atomic E-state index is 5.47. The maximum atomic E-state index is 5.47. The summed E-state index contributed by atoms with van der Waals surface area (Å²) in [5, 5.41) is 0. The molecule has 0 bridgehead atoms. The largest absolute Gasteiger partial charge is 0.379 e. The van der Waals surface area contributed by atoms with Gasteiger partial charge in [0.05, 0.1) is 165 Å². The van der Waals surface area contributed by atoms with Crippen molar-refractivity contribution in [3.05, 3.63) is 0 Å². The van der Waals surface area contributed by atoms with Crippen LogP contribution in [-0.4, -0.2) is 171 Å². The van der Waals surface area contributed by atoms with Crippen molar-refractivity contribution < 1.29 is 61.6 Å². The smallest absolute Gasteiger partial charge is 0.0703 e. The summed E-state index contributed by atoms with van der Waals surface area (Å²) in [6.45, 7) is 19.7. The van der Waals surface area contributed by atoms with Crippen LogP contribution in [0.4, 0.5) is 0 Å². The van der Waals surface area contributed by atoms with Crippen molar-refractivity contribution >= 4 is 0 Å². The summed E-state index contributed by atoms with van der Waals surface area (Å²) in [5.74, 6) is 0. The molecular formula is C29H60O13. The molecule has 0 fully saturated rings. The van der Waals surface area contributed by atoms with Gasteiger partial charge in [0.2, 0.25) is 0 Å². The van der Waals surface area contributed by atoms with Gasteiger partial charge in [0.1, 0.15) is 0 Å². The molecule has 0 heterocycles. The van der Waals surface area contributed by atoms with Gasteiger partial charge in [-0.15, -0.1) is 0 Å². The van der Waals surface area contributed by atoms with Crippen LogP contribution < -0.4 is 0 Å². The molecular weight excluding hydrogens is 556 g/mol. The molecule has 13 heteroatoms. The predicted octanol–water partition coefficient (Wildman–Crippen LogP) is 1.63. The minimum Gasteiger partial charge on any atom is -0.379 e. The van der Waals surface area contributed by atoms with E-state index in [0.717, 1.165) is 0 Å². The Morgan fingerprint density at radius 1 is 0.262 bits per heavy atom. The molecule has 0 unspecified atom stereocenters. The van der Waals surface area contributed by atoms with Gasteiger partial charge in [0.15, 0.2) is 0 Å². The van der Waals surface area contributed by atoms with E-state index in [0.29, 0.717) is 165 Å². The minimum absolute atomic E-state index is 0.232. The van der Waals surface area contributed by atoms with Crippen LogP contribution >= 0.6 is 0 Å². The fourth-order valence-electron chi connectivity index (χ4n) is 2.91. The van der Waals surface area contributed by atoms with E-state index in [2.05, 4.69) is 0 Å². The fraction of sp³-hybridized carbons (Fsp3) is 1.00. The first kappa shape index (κ1) is 41.5. The van der Waals surface area contributed by atoms with Gasteiger partial charge in [0.25, 0.3) is 0 Å². The lowest BCUT2D eigenvalue weighted by Crippen LogP contribution is -2.15. The average Bonchev–Trinajstić information content (AvgIpc) is 2.98. The Kier molecular flexibility index (Phi) is 38.0. The predicted molar refractivity (Wildman–Crippen MR) is 157 cm³/mol. The molecule has 0 saturated heterocycles. The van der Waals surface area contributed by atoms with E-state index >= 15 is 0 Å². The molecule has 42 heavy (non-hydrogen) atoms. The second kappa shape index (κ2) is 38.5. The third kappa shape index (κ3) is 39.5. The van der Waals surface area contributed by atoms with Gasteiger partial charge >= 0.3 is 0 Å². The number of hydrogen-bond donors (Lipinski definition) is 0. The Bertz CT molecular complexity index is 475. The summed E-state index contributed by atoms with van der Waals surface area (Å²) in [7, 11) is 0. The van der Waals surface area contributed by atoms with Gasteiger partial charge < -0.3 is 61.6 Å². The third-order valence-electron chi connectivity index (χ3n) is 4.98. The third-order valence-corrected chi connectivity index (χ3v) is 4.98. The molecule has 0 amide bonds. The van der Waals surface area contributed by atoms with Crippen molar-refractivity contribution in [1.29, 1.82) is 0 Å². The van der Waals surface area contributed by atoms with Gasteiger partial charge in [0, 0.05) is 6.61 Å². The van der Waals surface area contributed by atoms with Crippen molar-refractivity contribution in [2.45, 2.75) is 26.9 Å². The van der Waals surface area contributed by atoms with Crippen molar-refractivity contribution in [2.24, 2.45) is 0 Å². The Morgan fingerprint density at radius 3 is 0.595 bits per heavy atom. The molecule has 0 N–H and O–H groups in total. The van der Waals surface area contributed by atoms with Crippen LogP contribution in [0.2, 0.25) is 0 Å². The van der Waals surface area contributed by atoms with Crippen LogP contribution in [0.15, 0.2) is 0 Å². The van der Waals surface area contributed by atoms with Gasteiger partial charge in [-0.3, -0.25) is 0 Å². The molecule has 0 radical (unpaired) electrons. The summed E-state index contributed by atoms with van der Waals surface area (Å²) < 4.78 is 70.4. The van der Waals surface area contributed by atoms with Crippen LogP contribution in [0, 0.1) is 0 Å². The molecule has 0 aromatic rings. The molecule has 254 valence electrons. The Labute approximate surface area is 253 Å². The molecule has 0 aromatic carbocycles. The quantitative estimate of drug-likeness (QED) is 0.0936. The van der Waals surface area contributed by atoms with E-state index in [9.17, 15) is 0 Å². The average molecular weight is 617 g/mol. The number of ether oxygens (including phenoxy) is 13. The molecule has 0 saturated carbocycles. The second-order valence-corrected chi connectivity index (χ2v) is 8.85. The summed E-state index contributed by atoms with van der Waals surface area (Å²) in [6.07, 6.45) is 0.232. The molecule has 0 aliphatic carbocycles. The highest BCUT2D eigenvalue weighted by molar-refractivity contribution is 4.40. The lowest BCUT2D eigenvalue weighted by Gasteiger charge is -2.09. The molecule has 13 nitrogen and oxygen atoms in total. The number of hydrogen-bond acceptors (Lipinski definition) is 13. The van der Waals surface area contributed by atoms with Crippen LogP contribution in [0.1, 0.15) is 20.8 Å². The Balaban J connectivity index is 3.03. The molecule has 0 atom stereocenters. The molecule has 0 aliphatic heterocycles. The lowest BCUT2D eigenvalue weighted by atomic mass is 10.5. The summed E-state index contributed by atoms with van der Waals surface area (Å²) >= 11 is 0. The van der Waals surface area contributed by atoms with Gasteiger partial charge in [-0.1, -0.05) is 0 Å². The standard InChI is InChI=1S/C29H60O13/c1-4-30-5-6-31-7-8-32-9-10-33-11-12-34-13-14-35-15-16-36-17-18-37-19-20-38-21-22-39-23-24-40-25-26-41-27-28-42-29(2)3/h29H,4-28H2,1-3H3. The van der Waals surface area contributed by atoms with Crippen LogP contribution in [-0.2, 0) is 61.6 Å². The highest BCUT2D eigenvalue weighted by Crippen LogP contribution is 1.89. The van der Waals surface area contributed by atoms with E-state index in [4.69, 9.17) is 61.6 Å².